The van der Waals surface area contributed by atoms with Crippen LogP contribution in [0, 0.1) is 0 Å². The van der Waals surface area contributed by atoms with Crippen LogP contribution >= 0.6 is 23.2 Å². The van der Waals surface area contributed by atoms with Crippen LogP contribution in [0.1, 0.15) is 25.2 Å². The highest BCUT2D eigenvalue weighted by Gasteiger charge is 2.25. The predicted octanol–water partition coefficient (Wildman–Crippen LogP) is 5.36. The van der Waals surface area contributed by atoms with Gasteiger partial charge in [0.1, 0.15) is 5.75 Å². The van der Waals surface area contributed by atoms with Crippen molar-refractivity contribution < 1.29 is 18.7 Å². The lowest BCUT2D eigenvalue weighted by Crippen LogP contribution is -2.24. The fourth-order valence-corrected chi connectivity index (χ4v) is 4.07. The maximum absolute atomic E-state index is 12.5. The van der Waals surface area contributed by atoms with Gasteiger partial charge in [0, 0.05) is 42.1 Å². The van der Waals surface area contributed by atoms with Crippen LogP contribution in [0.2, 0.25) is 10.0 Å². The van der Waals surface area contributed by atoms with Crippen molar-refractivity contribution >= 4 is 46.4 Å². The van der Waals surface area contributed by atoms with Crippen LogP contribution in [0.25, 0.3) is 11.3 Å². The number of rotatable bonds is 7. The summed E-state index contributed by atoms with van der Waals surface area (Å²) in [5, 5.41) is 3.85. The number of nitrogens with zero attached hydrogens (tertiary/aromatic N) is 2. The first-order valence-corrected chi connectivity index (χ1v) is 10.9. The third-order valence-electron chi connectivity index (χ3n) is 5.14. The Kier molecular flexibility index (Phi) is 6.67. The van der Waals surface area contributed by atoms with Crippen LogP contribution in [0.5, 0.6) is 5.75 Å². The molecule has 2 heterocycles. The zero-order valence-electron chi connectivity index (χ0n) is 17.4. The normalized spacial score (nSPS) is 13.5. The van der Waals surface area contributed by atoms with Gasteiger partial charge in [-0.15, -0.1) is 0 Å². The highest BCUT2D eigenvalue weighted by molar-refractivity contribution is 6.36. The average Bonchev–Trinajstić information content (AvgIpc) is 3.41. The van der Waals surface area contributed by atoms with Crippen molar-refractivity contribution in [2.45, 2.75) is 25.7 Å². The fraction of sp³-hybridized carbons (Fsp3) is 0.261. The van der Waals surface area contributed by atoms with Gasteiger partial charge in [-0.05, 0) is 42.8 Å². The van der Waals surface area contributed by atoms with Crippen molar-refractivity contribution in [3.05, 3.63) is 58.5 Å². The zero-order chi connectivity index (χ0) is 22.7. The van der Waals surface area contributed by atoms with Crippen molar-refractivity contribution in [1.82, 2.24) is 4.98 Å². The van der Waals surface area contributed by atoms with E-state index in [1.807, 2.05) is 0 Å². The molecule has 0 atom stereocenters. The smallest absolute Gasteiger partial charge is 0.227 e. The molecule has 1 fully saturated rings. The molecule has 166 valence electrons. The summed E-state index contributed by atoms with van der Waals surface area (Å²) in [4.78, 5) is 30.5. The Hall–Kier alpha value is -3.03. The van der Waals surface area contributed by atoms with Crippen molar-refractivity contribution in [2.75, 3.05) is 23.9 Å². The molecule has 32 heavy (non-hydrogen) atoms. The average molecular weight is 474 g/mol. The van der Waals surface area contributed by atoms with E-state index >= 15 is 0 Å². The second-order valence-electron chi connectivity index (χ2n) is 7.33. The Morgan fingerprint density at radius 2 is 2.09 bits per heavy atom. The van der Waals surface area contributed by atoms with Crippen molar-refractivity contribution in [1.29, 1.82) is 0 Å². The third kappa shape index (κ3) is 4.89. The number of halogens is 2. The van der Waals surface area contributed by atoms with E-state index in [0.717, 1.165) is 6.42 Å². The van der Waals surface area contributed by atoms with Gasteiger partial charge in [0.25, 0.3) is 0 Å². The first-order chi connectivity index (χ1) is 15.4. The summed E-state index contributed by atoms with van der Waals surface area (Å²) >= 11 is 12.1. The number of carbonyl (C=O) groups is 2. The molecule has 0 aliphatic carbocycles. The lowest BCUT2D eigenvalue weighted by molar-refractivity contribution is -0.117. The predicted molar refractivity (Wildman–Crippen MR) is 123 cm³/mol. The molecule has 2 amide bonds. The van der Waals surface area contributed by atoms with E-state index in [4.69, 9.17) is 32.4 Å². The standard InChI is InChI=1S/C23H21Cl2N3O4/c1-31-19-7-5-15(12-18(19)28-10-2-3-23(28)30)27-21(29)8-9-22-26-13-20(32-22)16-6-4-14(24)11-17(16)25/h4-7,11-13H,2-3,8-10H2,1H3,(H,27,29). The summed E-state index contributed by atoms with van der Waals surface area (Å²) in [7, 11) is 1.56. The summed E-state index contributed by atoms with van der Waals surface area (Å²) < 4.78 is 11.1. The molecular formula is C23H21Cl2N3O4. The number of carbonyl (C=O) groups excluding carboxylic acids is 2. The second kappa shape index (κ2) is 9.63. The molecule has 1 aliphatic heterocycles. The van der Waals surface area contributed by atoms with Gasteiger partial charge in [0.2, 0.25) is 11.8 Å². The maximum atomic E-state index is 12.5. The number of anilines is 2. The van der Waals surface area contributed by atoms with E-state index in [9.17, 15) is 9.59 Å². The van der Waals surface area contributed by atoms with E-state index in [1.165, 1.54) is 0 Å². The molecule has 4 rings (SSSR count). The Labute approximate surface area is 195 Å². The molecule has 1 aromatic heterocycles. The zero-order valence-corrected chi connectivity index (χ0v) is 18.9. The Morgan fingerprint density at radius 3 is 2.81 bits per heavy atom. The van der Waals surface area contributed by atoms with Crippen molar-refractivity contribution in [3.8, 4) is 17.1 Å². The van der Waals surface area contributed by atoms with Crippen LogP contribution in [0.15, 0.2) is 47.0 Å². The molecule has 3 aromatic rings. The van der Waals surface area contributed by atoms with Gasteiger partial charge in [-0.25, -0.2) is 4.98 Å². The van der Waals surface area contributed by atoms with Gasteiger partial charge < -0.3 is 19.4 Å². The summed E-state index contributed by atoms with van der Waals surface area (Å²) in [6, 6.07) is 10.4. The third-order valence-corrected chi connectivity index (χ3v) is 5.69. The largest absolute Gasteiger partial charge is 0.495 e. The monoisotopic (exact) mass is 473 g/mol. The van der Waals surface area contributed by atoms with Gasteiger partial charge in [0.05, 0.1) is 24.0 Å². The molecule has 1 N–H and O–H groups in total. The molecule has 0 spiro atoms. The summed E-state index contributed by atoms with van der Waals surface area (Å²) in [5.41, 5.74) is 1.93. The number of amides is 2. The van der Waals surface area contributed by atoms with Gasteiger partial charge >= 0.3 is 0 Å². The van der Waals surface area contributed by atoms with E-state index < -0.39 is 0 Å². The van der Waals surface area contributed by atoms with E-state index in [0.29, 0.717) is 63.8 Å². The van der Waals surface area contributed by atoms with Crippen LogP contribution in [0.3, 0.4) is 0 Å². The van der Waals surface area contributed by atoms with E-state index in [2.05, 4.69) is 10.3 Å². The number of hydrogen-bond donors (Lipinski definition) is 1. The lowest BCUT2D eigenvalue weighted by Gasteiger charge is -2.20. The first-order valence-electron chi connectivity index (χ1n) is 10.1. The minimum atomic E-state index is -0.196. The van der Waals surface area contributed by atoms with Crippen molar-refractivity contribution in [2.24, 2.45) is 0 Å². The highest BCUT2D eigenvalue weighted by atomic mass is 35.5. The van der Waals surface area contributed by atoms with Crippen LogP contribution in [-0.2, 0) is 16.0 Å². The van der Waals surface area contributed by atoms with Crippen LogP contribution in [0.4, 0.5) is 11.4 Å². The van der Waals surface area contributed by atoms with E-state index in [-0.39, 0.29) is 18.2 Å². The molecule has 0 saturated carbocycles. The molecule has 0 radical (unpaired) electrons. The minimum absolute atomic E-state index is 0.0484. The topological polar surface area (TPSA) is 84.7 Å². The highest BCUT2D eigenvalue weighted by Crippen LogP contribution is 2.34. The molecule has 9 heteroatoms. The summed E-state index contributed by atoms with van der Waals surface area (Å²) in [6.45, 7) is 0.636. The SMILES string of the molecule is COc1ccc(NC(=O)CCc2ncc(-c3ccc(Cl)cc3Cl)o2)cc1N1CCCC1=O. The number of nitrogens with one attached hydrogen (secondary N) is 1. The number of oxazole rings is 1. The Bertz CT molecular complexity index is 1160. The second-order valence-corrected chi connectivity index (χ2v) is 8.17. The Balaban J connectivity index is 1.39. The Morgan fingerprint density at radius 1 is 1.25 bits per heavy atom. The quantitative estimate of drug-likeness (QED) is 0.499. The molecule has 0 bridgehead atoms. The minimum Gasteiger partial charge on any atom is -0.495 e. The van der Waals surface area contributed by atoms with E-state index in [1.54, 1.807) is 54.6 Å². The number of aryl methyl sites for hydroxylation is 1. The first kappa shape index (κ1) is 22.2. The number of hydrogen-bond acceptors (Lipinski definition) is 5. The van der Waals surface area contributed by atoms with Gasteiger partial charge in [-0.3, -0.25) is 9.59 Å². The number of benzene rings is 2. The van der Waals surface area contributed by atoms with Crippen LogP contribution < -0.4 is 15.0 Å². The fourth-order valence-electron chi connectivity index (χ4n) is 3.57. The molecule has 7 nitrogen and oxygen atoms in total. The van der Waals surface area contributed by atoms with Crippen molar-refractivity contribution in [3.63, 3.8) is 0 Å². The van der Waals surface area contributed by atoms with Gasteiger partial charge in [0.15, 0.2) is 11.7 Å². The molecule has 1 aliphatic rings. The number of ether oxygens (including phenoxy) is 1. The number of methoxy groups -OCH3 is 1. The van der Waals surface area contributed by atoms with Crippen LogP contribution in [-0.4, -0.2) is 30.5 Å². The summed E-state index contributed by atoms with van der Waals surface area (Å²) in [5.74, 6) is 1.38. The molecule has 0 unspecified atom stereocenters. The van der Waals surface area contributed by atoms with Gasteiger partial charge in [-0.2, -0.15) is 0 Å². The lowest BCUT2D eigenvalue weighted by atomic mass is 10.2. The molecular weight excluding hydrogens is 453 g/mol. The maximum Gasteiger partial charge on any atom is 0.227 e. The summed E-state index contributed by atoms with van der Waals surface area (Å²) in [6.07, 6.45) is 3.39. The molecule has 2 aromatic carbocycles. The van der Waals surface area contributed by atoms with Gasteiger partial charge in [-0.1, -0.05) is 23.2 Å². The number of aromatic nitrogens is 1. The molecule has 1 saturated heterocycles.